The molecular formula is C20H28N2. The maximum absolute atomic E-state index is 9.85. The van der Waals surface area contributed by atoms with E-state index in [1.807, 2.05) is 0 Å². The predicted octanol–water partition coefficient (Wildman–Crippen LogP) is 4.87. The summed E-state index contributed by atoms with van der Waals surface area (Å²) in [7, 11) is 0. The highest BCUT2D eigenvalue weighted by Gasteiger charge is 2.38. The summed E-state index contributed by atoms with van der Waals surface area (Å²) in [4.78, 5) is 2.54. The van der Waals surface area contributed by atoms with Crippen molar-refractivity contribution in [3.8, 4) is 6.07 Å². The fourth-order valence-electron chi connectivity index (χ4n) is 4.38. The van der Waals surface area contributed by atoms with Gasteiger partial charge in [0.2, 0.25) is 0 Å². The Kier molecular flexibility index (Phi) is 5.16. The summed E-state index contributed by atoms with van der Waals surface area (Å²) in [5, 5.41) is 9.85. The Bertz CT molecular complexity index is 496. The van der Waals surface area contributed by atoms with Crippen molar-refractivity contribution < 1.29 is 0 Å². The molecule has 0 amide bonds. The molecule has 1 aliphatic carbocycles. The maximum Gasteiger partial charge on any atom is 0.109 e. The van der Waals surface area contributed by atoms with Gasteiger partial charge in [-0.1, -0.05) is 56.0 Å². The van der Waals surface area contributed by atoms with E-state index >= 15 is 0 Å². The van der Waals surface area contributed by atoms with Gasteiger partial charge in [-0.3, -0.25) is 4.90 Å². The third kappa shape index (κ3) is 3.36. The van der Waals surface area contributed by atoms with Gasteiger partial charge in [-0.05, 0) is 50.1 Å². The molecule has 1 aromatic rings. The molecule has 1 aliphatic heterocycles. The molecule has 2 heteroatoms. The first-order valence-electron chi connectivity index (χ1n) is 9.05. The van der Waals surface area contributed by atoms with Crippen molar-refractivity contribution in [1.82, 2.24) is 4.90 Å². The highest BCUT2D eigenvalue weighted by molar-refractivity contribution is 5.20. The Balaban J connectivity index is 1.71. The molecule has 2 aliphatic rings. The average molecular weight is 296 g/mol. The third-order valence-electron chi connectivity index (χ3n) is 5.74. The highest BCUT2D eigenvalue weighted by atomic mass is 15.2. The molecule has 1 aromatic carbocycles. The quantitative estimate of drug-likeness (QED) is 0.778. The molecule has 1 saturated carbocycles. The van der Waals surface area contributed by atoms with Crippen LogP contribution in [0.5, 0.6) is 0 Å². The van der Waals surface area contributed by atoms with Gasteiger partial charge in [-0.25, -0.2) is 0 Å². The Morgan fingerprint density at radius 2 is 1.68 bits per heavy atom. The molecule has 1 atom stereocenters. The van der Waals surface area contributed by atoms with Gasteiger partial charge in [0.1, 0.15) is 5.54 Å². The smallest absolute Gasteiger partial charge is 0.109 e. The molecule has 3 rings (SSSR count). The lowest BCUT2D eigenvalue weighted by molar-refractivity contribution is 0.0855. The number of likely N-dealkylation sites (tertiary alicyclic amines) is 1. The zero-order valence-corrected chi connectivity index (χ0v) is 13.6. The van der Waals surface area contributed by atoms with E-state index in [0.717, 1.165) is 25.9 Å². The van der Waals surface area contributed by atoms with E-state index in [9.17, 15) is 5.26 Å². The van der Waals surface area contributed by atoms with Crippen molar-refractivity contribution in [2.45, 2.75) is 69.2 Å². The van der Waals surface area contributed by atoms with Crippen LogP contribution in [0.15, 0.2) is 30.3 Å². The van der Waals surface area contributed by atoms with Crippen molar-refractivity contribution in [3.05, 3.63) is 35.9 Å². The van der Waals surface area contributed by atoms with Gasteiger partial charge in [0, 0.05) is 6.54 Å². The lowest BCUT2D eigenvalue weighted by Crippen LogP contribution is -2.50. The molecule has 0 aromatic heterocycles. The first-order chi connectivity index (χ1) is 10.8. The first-order valence-corrected chi connectivity index (χ1v) is 9.05. The van der Waals surface area contributed by atoms with Gasteiger partial charge in [0.15, 0.2) is 0 Å². The van der Waals surface area contributed by atoms with Gasteiger partial charge in [-0.2, -0.15) is 5.26 Å². The Morgan fingerprint density at radius 1 is 0.909 bits per heavy atom. The predicted molar refractivity (Wildman–Crippen MR) is 90.7 cm³/mol. The SMILES string of the molecule is N#CC1(N2CCCCC(c3ccccc3)CC2)CCCCC1. The van der Waals surface area contributed by atoms with E-state index in [-0.39, 0.29) is 5.54 Å². The van der Waals surface area contributed by atoms with Crippen LogP contribution in [0, 0.1) is 11.3 Å². The zero-order chi connectivity index (χ0) is 15.3. The number of nitriles is 1. The number of benzene rings is 1. The van der Waals surface area contributed by atoms with Gasteiger partial charge < -0.3 is 0 Å². The van der Waals surface area contributed by atoms with Crippen molar-refractivity contribution >= 4 is 0 Å². The molecule has 1 saturated heterocycles. The Hall–Kier alpha value is -1.33. The molecule has 1 unspecified atom stereocenters. The summed E-state index contributed by atoms with van der Waals surface area (Å²) < 4.78 is 0. The zero-order valence-electron chi connectivity index (χ0n) is 13.6. The normalized spacial score (nSPS) is 26.6. The molecule has 118 valence electrons. The topological polar surface area (TPSA) is 27.0 Å². The molecular weight excluding hydrogens is 268 g/mol. The van der Waals surface area contributed by atoms with Crippen molar-refractivity contribution in [3.63, 3.8) is 0 Å². The number of hydrogen-bond donors (Lipinski definition) is 0. The Labute approximate surface area is 135 Å². The first kappa shape index (κ1) is 15.6. The largest absolute Gasteiger partial charge is 0.286 e. The van der Waals surface area contributed by atoms with Crippen molar-refractivity contribution in [2.75, 3.05) is 13.1 Å². The molecule has 0 N–H and O–H groups in total. The lowest BCUT2D eigenvalue weighted by atomic mass is 9.80. The fraction of sp³-hybridized carbons (Fsp3) is 0.650. The van der Waals surface area contributed by atoms with Crippen LogP contribution in [0.2, 0.25) is 0 Å². The molecule has 0 spiro atoms. The fourth-order valence-corrected chi connectivity index (χ4v) is 4.38. The van der Waals surface area contributed by atoms with Crippen LogP contribution in [0.4, 0.5) is 0 Å². The number of hydrogen-bond acceptors (Lipinski definition) is 2. The number of rotatable bonds is 2. The molecule has 0 radical (unpaired) electrons. The van der Waals surface area contributed by atoms with E-state index < -0.39 is 0 Å². The van der Waals surface area contributed by atoms with Gasteiger partial charge in [0.05, 0.1) is 6.07 Å². The van der Waals surface area contributed by atoms with Crippen LogP contribution in [-0.4, -0.2) is 23.5 Å². The minimum atomic E-state index is -0.156. The van der Waals surface area contributed by atoms with E-state index in [1.54, 1.807) is 0 Å². The summed E-state index contributed by atoms with van der Waals surface area (Å²) in [6.45, 7) is 2.21. The second-order valence-corrected chi connectivity index (χ2v) is 7.08. The van der Waals surface area contributed by atoms with Gasteiger partial charge >= 0.3 is 0 Å². The third-order valence-corrected chi connectivity index (χ3v) is 5.74. The van der Waals surface area contributed by atoms with E-state index in [0.29, 0.717) is 5.92 Å². The summed E-state index contributed by atoms with van der Waals surface area (Å²) >= 11 is 0. The van der Waals surface area contributed by atoms with Crippen LogP contribution in [0.25, 0.3) is 0 Å². The van der Waals surface area contributed by atoms with Crippen LogP contribution in [-0.2, 0) is 0 Å². The monoisotopic (exact) mass is 296 g/mol. The molecule has 2 fully saturated rings. The minimum absolute atomic E-state index is 0.156. The van der Waals surface area contributed by atoms with Crippen molar-refractivity contribution in [1.29, 1.82) is 5.26 Å². The average Bonchev–Trinajstić information content (AvgIpc) is 2.56. The summed E-state index contributed by atoms with van der Waals surface area (Å²) in [6, 6.07) is 13.7. The van der Waals surface area contributed by atoms with Crippen LogP contribution in [0.1, 0.15) is 69.3 Å². The molecule has 22 heavy (non-hydrogen) atoms. The number of nitrogens with zero attached hydrogens (tertiary/aromatic N) is 2. The molecule has 2 nitrogen and oxygen atoms in total. The van der Waals surface area contributed by atoms with Crippen molar-refractivity contribution in [2.24, 2.45) is 0 Å². The molecule has 0 bridgehead atoms. The second kappa shape index (κ2) is 7.29. The van der Waals surface area contributed by atoms with E-state index in [2.05, 4.69) is 41.3 Å². The highest BCUT2D eigenvalue weighted by Crippen LogP contribution is 2.36. The molecule has 1 heterocycles. The summed E-state index contributed by atoms with van der Waals surface area (Å²) in [6.07, 6.45) is 11.0. The van der Waals surface area contributed by atoms with Crippen LogP contribution >= 0.6 is 0 Å². The van der Waals surface area contributed by atoms with Crippen LogP contribution in [0.3, 0.4) is 0 Å². The van der Waals surface area contributed by atoms with Crippen LogP contribution < -0.4 is 0 Å². The second-order valence-electron chi connectivity index (χ2n) is 7.08. The minimum Gasteiger partial charge on any atom is -0.286 e. The standard InChI is InChI=1S/C20H28N2/c21-17-20(13-6-2-7-14-20)22-15-8-5-11-19(12-16-22)18-9-3-1-4-10-18/h1,3-4,9-10,19H,2,5-8,11-16H2. The Morgan fingerprint density at radius 3 is 2.41 bits per heavy atom. The van der Waals surface area contributed by atoms with E-state index in [1.165, 1.54) is 50.5 Å². The maximum atomic E-state index is 9.85. The summed E-state index contributed by atoms with van der Waals surface area (Å²) in [5.41, 5.74) is 1.33. The van der Waals surface area contributed by atoms with Gasteiger partial charge in [-0.15, -0.1) is 0 Å². The summed E-state index contributed by atoms with van der Waals surface area (Å²) in [5.74, 6) is 0.670. The van der Waals surface area contributed by atoms with E-state index in [4.69, 9.17) is 0 Å². The lowest BCUT2D eigenvalue weighted by Gasteiger charge is -2.43. The van der Waals surface area contributed by atoms with Gasteiger partial charge in [0.25, 0.3) is 0 Å².